The molecule has 27 heavy (non-hydrogen) atoms. The molecule has 0 saturated heterocycles. The van der Waals surface area contributed by atoms with Crippen molar-refractivity contribution < 1.29 is 5.11 Å². The maximum atomic E-state index is 10.9. The van der Waals surface area contributed by atoms with Gasteiger partial charge in [-0.2, -0.15) is 0 Å². The highest BCUT2D eigenvalue weighted by Gasteiger charge is 2.20. The Morgan fingerprint density at radius 3 is 2.33 bits per heavy atom. The molecule has 0 bridgehead atoms. The van der Waals surface area contributed by atoms with Crippen molar-refractivity contribution in [1.82, 2.24) is 4.98 Å². The molecule has 0 aliphatic heterocycles. The number of hydrogen-bond donors (Lipinski definition) is 2. The molecule has 0 radical (unpaired) electrons. The lowest BCUT2D eigenvalue weighted by molar-refractivity contribution is 0.472. The zero-order valence-electron chi connectivity index (χ0n) is 14.2. The van der Waals surface area contributed by atoms with Crippen molar-refractivity contribution in [3.05, 3.63) is 100 Å². The third-order valence-corrected chi connectivity index (χ3v) is 4.83. The molecule has 1 heterocycles. The van der Waals surface area contributed by atoms with Crippen molar-refractivity contribution in [3.8, 4) is 5.75 Å². The maximum Gasteiger partial charge on any atom is 0.147 e. The summed E-state index contributed by atoms with van der Waals surface area (Å²) in [6.45, 7) is 0. The topological polar surface area (TPSA) is 45.1 Å². The van der Waals surface area contributed by atoms with E-state index in [4.69, 9.17) is 23.2 Å². The maximum absolute atomic E-state index is 10.9. The fourth-order valence-corrected chi connectivity index (χ4v) is 3.69. The summed E-state index contributed by atoms with van der Waals surface area (Å²) in [5.74, 6) is 0.155. The van der Waals surface area contributed by atoms with Gasteiger partial charge in [-0.25, -0.2) is 0 Å². The number of nitrogens with zero attached hydrogens (tertiary/aromatic N) is 1. The molecule has 3 nitrogen and oxygen atoms in total. The summed E-state index contributed by atoms with van der Waals surface area (Å²) in [5.41, 5.74) is 3.06. The van der Waals surface area contributed by atoms with Gasteiger partial charge < -0.3 is 10.4 Å². The number of aromatic nitrogens is 1. The molecule has 134 valence electrons. The average Bonchev–Trinajstić information content (AvgIpc) is 2.67. The first-order valence-electron chi connectivity index (χ1n) is 8.46. The van der Waals surface area contributed by atoms with Gasteiger partial charge in [0.15, 0.2) is 0 Å². The van der Waals surface area contributed by atoms with E-state index < -0.39 is 0 Å². The van der Waals surface area contributed by atoms with Crippen molar-refractivity contribution in [3.63, 3.8) is 0 Å². The molecule has 5 heteroatoms. The van der Waals surface area contributed by atoms with E-state index in [0.717, 1.165) is 22.2 Å². The average molecular weight is 395 g/mol. The van der Waals surface area contributed by atoms with Gasteiger partial charge in [0.1, 0.15) is 11.3 Å². The van der Waals surface area contributed by atoms with E-state index in [-0.39, 0.29) is 11.8 Å². The number of phenolic OH excluding ortho intramolecular Hbond substituents is 1. The molecule has 1 aromatic heterocycles. The summed E-state index contributed by atoms with van der Waals surface area (Å²) < 4.78 is 0. The SMILES string of the molecule is Oc1c(C(Nc2cc(Cl)cc(Cl)c2)c2ccccc2)ccc2cccnc12. The van der Waals surface area contributed by atoms with Crippen LogP contribution in [0.25, 0.3) is 10.9 Å². The first kappa shape index (κ1) is 17.7. The zero-order chi connectivity index (χ0) is 18.8. The molecule has 4 rings (SSSR count). The minimum absolute atomic E-state index is 0.155. The molecule has 1 unspecified atom stereocenters. The number of rotatable bonds is 4. The fourth-order valence-electron chi connectivity index (χ4n) is 3.17. The normalized spacial score (nSPS) is 12.1. The van der Waals surface area contributed by atoms with Gasteiger partial charge >= 0.3 is 0 Å². The standard InChI is InChI=1S/C22H16Cl2N2O/c23-16-11-17(24)13-18(12-16)26-20(14-5-2-1-3-6-14)19-9-8-15-7-4-10-25-21(15)22(19)27/h1-13,20,26-27H. The number of aromatic hydroxyl groups is 1. The molecule has 0 fully saturated rings. The highest BCUT2D eigenvalue weighted by atomic mass is 35.5. The highest BCUT2D eigenvalue weighted by Crippen LogP contribution is 2.37. The Balaban J connectivity index is 1.85. The van der Waals surface area contributed by atoms with Crippen molar-refractivity contribution >= 4 is 39.8 Å². The molecule has 0 aliphatic rings. The lowest BCUT2D eigenvalue weighted by Gasteiger charge is -2.23. The first-order valence-corrected chi connectivity index (χ1v) is 9.21. The number of halogens is 2. The van der Waals surface area contributed by atoms with Crippen LogP contribution in [0.1, 0.15) is 17.2 Å². The number of hydrogen-bond acceptors (Lipinski definition) is 3. The number of pyridine rings is 1. The summed E-state index contributed by atoms with van der Waals surface area (Å²) in [6, 6.07) is 22.5. The molecule has 3 aromatic carbocycles. The van der Waals surface area contributed by atoms with Gasteiger partial charge in [0.05, 0.1) is 6.04 Å². The van der Waals surface area contributed by atoms with Gasteiger partial charge in [0, 0.05) is 32.9 Å². The number of anilines is 1. The van der Waals surface area contributed by atoms with E-state index in [1.54, 1.807) is 24.4 Å². The summed E-state index contributed by atoms with van der Waals surface area (Å²) in [5, 5.41) is 16.3. The molecule has 4 aromatic rings. The smallest absolute Gasteiger partial charge is 0.147 e. The molecule has 0 aliphatic carbocycles. The van der Waals surface area contributed by atoms with Crippen molar-refractivity contribution in [2.75, 3.05) is 5.32 Å². The van der Waals surface area contributed by atoms with Crippen LogP contribution in [0.5, 0.6) is 5.75 Å². The van der Waals surface area contributed by atoms with Crippen LogP contribution in [0.15, 0.2) is 79.0 Å². The molecule has 0 saturated carbocycles. The van der Waals surface area contributed by atoms with Gasteiger partial charge in [-0.05, 0) is 29.8 Å². The lowest BCUT2D eigenvalue weighted by Crippen LogP contribution is -2.13. The fraction of sp³-hybridized carbons (Fsp3) is 0.0455. The second-order valence-electron chi connectivity index (χ2n) is 6.22. The van der Waals surface area contributed by atoms with E-state index in [9.17, 15) is 5.11 Å². The third kappa shape index (κ3) is 3.70. The Morgan fingerprint density at radius 2 is 1.59 bits per heavy atom. The largest absolute Gasteiger partial charge is 0.505 e. The van der Waals surface area contributed by atoms with Crippen LogP contribution in [0.2, 0.25) is 10.0 Å². The highest BCUT2D eigenvalue weighted by molar-refractivity contribution is 6.35. The quantitative estimate of drug-likeness (QED) is 0.418. The molecular weight excluding hydrogens is 379 g/mol. The number of fused-ring (bicyclic) bond motifs is 1. The molecular formula is C22H16Cl2N2O. The Hall–Kier alpha value is -2.75. The Kier molecular flexibility index (Phi) is 4.88. The summed E-state index contributed by atoms with van der Waals surface area (Å²) in [7, 11) is 0. The second kappa shape index (κ2) is 7.47. The first-order chi connectivity index (χ1) is 13.1. The van der Waals surface area contributed by atoms with Crippen LogP contribution in [0.3, 0.4) is 0 Å². The van der Waals surface area contributed by atoms with Crippen LogP contribution in [-0.4, -0.2) is 10.1 Å². The Bertz CT molecular complexity index is 1080. The van der Waals surface area contributed by atoms with E-state index in [1.165, 1.54) is 0 Å². The van der Waals surface area contributed by atoms with Gasteiger partial charge in [0.2, 0.25) is 0 Å². The van der Waals surface area contributed by atoms with Crippen molar-refractivity contribution in [1.29, 1.82) is 0 Å². The molecule has 0 spiro atoms. The predicted octanol–water partition coefficient (Wildman–Crippen LogP) is 6.45. The monoisotopic (exact) mass is 394 g/mol. The Labute approximate surface area is 167 Å². The predicted molar refractivity (Wildman–Crippen MR) is 112 cm³/mol. The van der Waals surface area contributed by atoms with Crippen molar-refractivity contribution in [2.45, 2.75) is 6.04 Å². The second-order valence-corrected chi connectivity index (χ2v) is 7.10. The summed E-state index contributed by atoms with van der Waals surface area (Å²) >= 11 is 12.3. The van der Waals surface area contributed by atoms with Crippen LogP contribution in [-0.2, 0) is 0 Å². The zero-order valence-corrected chi connectivity index (χ0v) is 15.7. The molecule has 0 amide bonds. The lowest BCUT2D eigenvalue weighted by atomic mass is 9.96. The molecule has 1 atom stereocenters. The minimum atomic E-state index is -0.299. The van der Waals surface area contributed by atoms with Crippen LogP contribution in [0, 0.1) is 0 Å². The third-order valence-electron chi connectivity index (χ3n) is 4.40. The van der Waals surface area contributed by atoms with E-state index >= 15 is 0 Å². The molecule has 2 N–H and O–H groups in total. The van der Waals surface area contributed by atoms with Crippen LogP contribution < -0.4 is 5.32 Å². The van der Waals surface area contributed by atoms with E-state index in [1.807, 2.05) is 54.6 Å². The van der Waals surface area contributed by atoms with Crippen LogP contribution in [0.4, 0.5) is 5.69 Å². The van der Waals surface area contributed by atoms with Gasteiger partial charge in [-0.1, -0.05) is 71.7 Å². The van der Waals surface area contributed by atoms with Crippen LogP contribution >= 0.6 is 23.2 Å². The number of benzene rings is 3. The summed E-state index contributed by atoms with van der Waals surface area (Å²) in [4.78, 5) is 4.33. The number of phenols is 1. The van der Waals surface area contributed by atoms with E-state index in [0.29, 0.717) is 15.6 Å². The van der Waals surface area contributed by atoms with Gasteiger partial charge in [0.25, 0.3) is 0 Å². The summed E-state index contributed by atoms with van der Waals surface area (Å²) in [6.07, 6.45) is 1.67. The minimum Gasteiger partial charge on any atom is -0.505 e. The van der Waals surface area contributed by atoms with Gasteiger partial charge in [-0.3, -0.25) is 4.98 Å². The Morgan fingerprint density at radius 1 is 0.852 bits per heavy atom. The van der Waals surface area contributed by atoms with Crippen molar-refractivity contribution in [2.24, 2.45) is 0 Å². The van der Waals surface area contributed by atoms with Gasteiger partial charge in [-0.15, -0.1) is 0 Å². The number of nitrogens with one attached hydrogen (secondary N) is 1. The van der Waals surface area contributed by atoms with E-state index in [2.05, 4.69) is 10.3 Å².